The second-order valence-corrected chi connectivity index (χ2v) is 7.28. The van der Waals surface area contributed by atoms with Gasteiger partial charge in [-0.25, -0.2) is 4.79 Å². The fraction of sp³-hybridized carbons (Fsp3) is 0.182. The number of para-hydroxylation sites is 1. The lowest BCUT2D eigenvalue weighted by Gasteiger charge is -2.41. The Morgan fingerprint density at radius 1 is 1.11 bits per heavy atom. The molecule has 6 heteroatoms. The van der Waals surface area contributed by atoms with E-state index >= 15 is 0 Å². The van der Waals surface area contributed by atoms with E-state index in [9.17, 15) is 14.7 Å². The molecule has 0 radical (unpaired) electrons. The summed E-state index contributed by atoms with van der Waals surface area (Å²) < 4.78 is 0. The van der Waals surface area contributed by atoms with Crippen LogP contribution in [-0.2, 0) is 11.2 Å². The number of aromatic nitrogens is 1. The predicted octanol–water partition coefficient (Wildman–Crippen LogP) is 3.72. The number of anilines is 1. The molecule has 2 amide bonds. The highest BCUT2D eigenvalue weighted by molar-refractivity contribution is 6.01. The summed E-state index contributed by atoms with van der Waals surface area (Å²) in [6, 6.07) is 14.7. The molecule has 1 aromatic heterocycles. The Balaban J connectivity index is 1.57. The second-order valence-electron chi connectivity index (χ2n) is 7.28. The van der Waals surface area contributed by atoms with Crippen molar-refractivity contribution in [1.29, 1.82) is 0 Å². The number of benzene rings is 2. The van der Waals surface area contributed by atoms with Gasteiger partial charge in [0.25, 0.3) is 0 Å². The lowest BCUT2D eigenvalue weighted by molar-refractivity contribution is -0.140. The molecule has 0 saturated carbocycles. The Bertz CT molecular complexity index is 1120. The fourth-order valence-electron chi connectivity index (χ4n) is 4.33. The largest absolute Gasteiger partial charge is 0.481 e. The number of carboxylic acid groups (broad SMARTS) is 1. The zero-order valence-electron chi connectivity index (χ0n) is 15.1. The van der Waals surface area contributed by atoms with Crippen LogP contribution in [0.5, 0.6) is 0 Å². The van der Waals surface area contributed by atoms with Gasteiger partial charge in [-0.2, -0.15) is 0 Å². The number of hydrogen-bond acceptors (Lipinski definition) is 2. The number of carboxylic acids is 1. The highest BCUT2D eigenvalue weighted by Crippen LogP contribution is 2.41. The number of nitrogens with zero attached hydrogens (tertiary/aromatic N) is 1. The lowest BCUT2D eigenvalue weighted by Crippen LogP contribution is -2.51. The van der Waals surface area contributed by atoms with E-state index in [1.54, 1.807) is 4.90 Å². The van der Waals surface area contributed by atoms with Crippen LogP contribution in [0.4, 0.5) is 10.5 Å². The molecule has 1 aliphatic heterocycles. The quantitative estimate of drug-likeness (QED) is 0.640. The number of urea groups is 1. The molecule has 0 bridgehead atoms. The van der Waals surface area contributed by atoms with Crippen molar-refractivity contribution in [3.63, 3.8) is 0 Å². The molecule has 0 saturated heterocycles. The summed E-state index contributed by atoms with van der Waals surface area (Å²) in [5, 5.41) is 13.7. The van der Waals surface area contributed by atoms with Gasteiger partial charge in [0.2, 0.25) is 0 Å². The van der Waals surface area contributed by atoms with E-state index in [1.807, 2.05) is 60.8 Å². The molecule has 5 rings (SSSR count). The molecule has 2 atom stereocenters. The highest BCUT2D eigenvalue weighted by Gasteiger charge is 2.39. The predicted molar refractivity (Wildman–Crippen MR) is 107 cm³/mol. The van der Waals surface area contributed by atoms with Gasteiger partial charge in [0.1, 0.15) is 0 Å². The van der Waals surface area contributed by atoms with Crippen LogP contribution < -0.4 is 5.32 Å². The van der Waals surface area contributed by atoms with Crippen molar-refractivity contribution in [2.24, 2.45) is 5.92 Å². The van der Waals surface area contributed by atoms with Gasteiger partial charge < -0.3 is 20.3 Å². The average Bonchev–Trinajstić information content (AvgIpc) is 3.12. The van der Waals surface area contributed by atoms with Crippen molar-refractivity contribution < 1.29 is 14.7 Å². The molecule has 28 heavy (non-hydrogen) atoms. The number of carbonyl (C=O) groups is 2. The van der Waals surface area contributed by atoms with Crippen LogP contribution in [0.1, 0.15) is 11.1 Å². The third-order valence-corrected chi connectivity index (χ3v) is 5.62. The van der Waals surface area contributed by atoms with Crippen molar-refractivity contribution in [2.75, 3.05) is 11.9 Å². The van der Waals surface area contributed by atoms with E-state index in [2.05, 4.69) is 10.3 Å². The van der Waals surface area contributed by atoms with Gasteiger partial charge in [-0.05, 0) is 41.3 Å². The first-order chi connectivity index (χ1) is 13.6. The zero-order valence-corrected chi connectivity index (χ0v) is 15.1. The first-order valence-corrected chi connectivity index (χ1v) is 9.28. The van der Waals surface area contributed by atoms with Crippen LogP contribution in [0.25, 0.3) is 16.5 Å². The summed E-state index contributed by atoms with van der Waals surface area (Å²) in [6.07, 6.45) is 4.48. The number of aliphatic carboxylic acids is 1. The van der Waals surface area contributed by atoms with Gasteiger partial charge >= 0.3 is 12.0 Å². The molecule has 140 valence electrons. The molecule has 2 aliphatic rings. The van der Waals surface area contributed by atoms with Crippen LogP contribution in [0.2, 0.25) is 0 Å². The minimum absolute atomic E-state index is 0.151. The van der Waals surface area contributed by atoms with E-state index in [0.29, 0.717) is 12.1 Å². The molecule has 3 N–H and O–H groups in total. The monoisotopic (exact) mass is 373 g/mol. The minimum atomic E-state index is -0.921. The fourth-order valence-corrected chi connectivity index (χ4v) is 4.33. The van der Waals surface area contributed by atoms with E-state index in [1.165, 1.54) is 0 Å². The van der Waals surface area contributed by atoms with Gasteiger partial charge in [0, 0.05) is 29.3 Å². The summed E-state index contributed by atoms with van der Waals surface area (Å²) >= 11 is 0. The molecule has 0 spiro atoms. The van der Waals surface area contributed by atoms with Crippen molar-refractivity contribution in [2.45, 2.75) is 12.5 Å². The van der Waals surface area contributed by atoms with Gasteiger partial charge in [-0.1, -0.05) is 36.4 Å². The van der Waals surface area contributed by atoms with Crippen LogP contribution in [0.15, 0.2) is 60.8 Å². The zero-order chi connectivity index (χ0) is 19.3. The molecule has 3 aromatic rings. The van der Waals surface area contributed by atoms with Crippen molar-refractivity contribution >= 4 is 34.2 Å². The molecule has 2 heterocycles. The van der Waals surface area contributed by atoms with Crippen LogP contribution in [-0.4, -0.2) is 39.6 Å². The Morgan fingerprint density at radius 2 is 1.93 bits per heavy atom. The number of hydrogen-bond donors (Lipinski definition) is 3. The maximum Gasteiger partial charge on any atom is 0.322 e. The third kappa shape index (κ3) is 2.57. The van der Waals surface area contributed by atoms with Crippen LogP contribution >= 0.6 is 0 Å². The second kappa shape index (κ2) is 6.27. The number of carbonyl (C=O) groups excluding carboxylic acids is 1. The first-order valence-electron chi connectivity index (χ1n) is 9.28. The Labute approximate surface area is 161 Å². The van der Waals surface area contributed by atoms with E-state index in [4.69, 9.17) is 0 Å². The maximum atomic E-state index is 13.1. The average molecular weight is 373 g/mol. The van der Waals surface area contributed by atoms with Gasteiger partial charge in [-0.15, -0.1) is 0 Å². The van der Waals surface area contributed by atoms with Crippen LogP contribution in [0, 0.1) is 5.92 Å². The smallest absolute Gasteiger partial charge is 0.322 e. The standard InChI is InChI=1S/C22H19N3O3/c26-21(27)14-9-17-16-7-4-8-18-20(16)13(11-23-18)10-19(17)25(12-14)22(28)24-15-5-2-1-3-6-15/h1-9,11,14,19,23H,10,12H2,(H,24,28)(H,26,27)/t14-,19-/m1/s1. The van der Waals surface area contributed by atoms with Crippen molar-refractivity contribution in [3.8, 4) is 0 Å². The highest BCUT2D eigenvalue weighted by atomic mass is 16.4. The molecule has 0 fully saturated rings. The Morgan fingerprint density at radius 3 is 2.71 bits per heavy atom. The van der Waals surface area contributed by atoms with E-state index in [0.717, 1.165) is 27.6 Å². The molecular weight excluding hydrogens is 354 g/mol. The topological polar surface area (TPSA) is 85.4 Å². The van der Waals surface area contributed by atoms with Gasteiger partial charge in [-0.3, -0.25) is 4.79 Å². The van der Waals surface area contributed by atoms with E-state index in [-0.39, 0.29) is 18.6 Å². The van der Waals surface area contributed by atoms with Crippen LogP contribution in [0.3, 0.4) is 0 Å². The molecule has 2 aromatic carbocycles. The summed E-state index contributed by atoms with van der Waals surface area (Å²) in [5.41, 5.74) is 4.80. The first kappa shape index (κ1) is 16.6. The van der Waals surface area contributed by atoms with Crippen molar-refractivity contribution in [3.05, 3.63) is 71.9 Å². The van der Waals surface area contributed by atoms with Crippen molar-refractivity contribution in [1.82, 2.24) is 9.88 Å². The number of aromatic amines is 1. The van der Waals surface area contributed by atoms with Gasteiger partial charge in [0.05, 0.1) is 12.0 Å². The number of amides is 2. The Hall–Kier alpha value is -3.54. The Kier molecular flexibility index (Phi) is 3.72. The number of nitrogens with one attached hydrogen (secondary N) is 2. The molecular formula is C22H19N3O3. The third-order valence-electron chi connectivity index (χ3n) is 5.62. The number of fused-ring (bicyclic) bond motifs is 2. The SMILES string of the molecule is O=C(O)[C@@H]1C=C2c3cccc4[nH]cc(c34)C[C@H]2N(C(=O)Nc2ccccc2)C1. The van der Waals surface area contributed by atoms with E-state index < -0.39 is 11.9 Å². The minimum Gasteiger partial charge on any atom is -0.481 e. The summed E-state index contributed by atoms with van der Waals surface area (Å²) in [5.74, 6) is -1.65. The lowest BCUT2D eigenvalue weighted by atomic mass is 9.80. The van der Waals surface area contributed by atoms with Gasteiger partial charge in [0.15, 0.2) is 0 Å². The molecule has 6 nitrogen and oxygen atoms in total. The number of rotatable bonds is 2. The molecule has 1 aliphatic carbocycles. The summed E-state index contributed by atoms with van der Waals surface area (Å²) in [6.45, 7) is 0.151. The maximum absolute atomic E-state index is 13.1. The molecule has 0 unspecified atom stereocenters. The summed E-state index contributed by atoms with van der Waals surface area (Å²) in [7, 11) is 0. The normalized spacial score (nSPS) is 20.4. The number of H-pyrrole nitrogens is 1. The summed E-state index contributed by atoms with van der Waals surface area (Å²) in [4.78, 5) is 29.8.